The van der Waals surface area contributed by atoms with Crippen molar-refractivity contribution in [2.75, 3.05) is 11.9 Å². The van der Waals surface area contributed by atoms with Gasteiger partial charge in [-0.2, -0.15) is 0 Å². The molecule has 4 aromatic rings. The van der Waals surface area contributed by atoms with Crippen LogP contribution >= 0.6 is 11.6 Å². The lowest BCUT2D eigenvalue weighted by atomic mass is 9.92. The van der Waals surface area contributed by atoms with Gasteiger partial charge in [0, 0.05) is 40.1 Å². The molecule has 5 rings (SSSR count). The molecule has 0 spiro atoms. The quantitative estimate of drug-likeness (QED) is 0.351. The Labute approximate surface area is 201 Å². The number of aryl methyl sites for hydroxylation is 1. The van der Waals surface area contributed by atoms with Gasteiger partial charge < -0.3 is 11.1 Å². The number of amides is 1. The number of anilines is 1. The number of aromatic amines is 1. The number of hydrogen-bond donors (Lipinski definition) is 3. The van der Waals surface area contributed by atoms with E-state index in [1.54, 1.807) is 24.4 Å². The molecule has 0 saturated carbocycles. The number of hydrogen-bond acceptors (Lipinski definition) is 5. The average molecular weight is 477 g/mol. The number of nitrogens with two attached hydrogens (primary N) is 1. The van der Waals surface area contributed by atoms with E-state index in [4.69, 9.17) is 22.3 Å². The van der Waals surface area contributed by atoms with E-state index in [1.807, 2.05) is 18.2 Å². The van der Waals surface area contributed by atoms with Crippen molar-refractivity contribution in [3.8, 4) is 5.82 Å². The predicted octanol–water partition coefficient (Wildman–Crippen LogP) is 3.78. The van der Waals surface area contributed by atoms with E-state index in [9.17, 15) is 9.59 Å². The number of carbonyl (C=O) groups excluding carboxylic acids is 1. The molecular formula is C25H25ClN6O2. The second kappa shape index (κ2) is 9.30. The maximum atomic E-state index is 13.0. The normalized spacial score (nSPS) is 13.1. The fraction of sp³-hybridized carbons (Fsp3) is 0.280. The molecule has 0 bridgehead atoms. The summed E-state index contributed by atoms with van der Waals surface area (Å²) in [5.41, 5.74) is 10.1. The highest BCUT2D eigenvalue weighted by Gasteiger charge is 2.20. The van der Waals surface area contributed by atoms with Gasteiger partial charge in [-0.25, -0.2) is 9.67 Å². The number of nitrogens with zero attached hydrogens (tertiary/aromatic N) is 3. The van der Waals surface area contributed by atoms with Crippen LogP contribution in [0.3, 0.4) is 0 Å². The molecule has 1 amide bonds. The summed E-state index contributed by atoms with van der Waals surface area (Å²) < 4.78 is 1.26. The number of primary amides is 1. The first kappa shape index (κ1) is 22.2. The Morgan fingerprint density at radius 1 is 1.21 bits per heavy atom. The molecule has 3 aromatic heterocycles. The fourth-order valence-corrected chi connectivity index (χ4v) is 4.80. The van der Waals surface area contributed by atoms with Gasteiger partial charge in [0.05, 0.1) is 5.52 Å². The summed E-state index contributed by atoms with van der Waals surface area (Å²) in [6.45, 7) is 0.626. The molecule has 8 nitrogen and oxygen atoms in total. The molecule has 0 atom stereocenters. The number of nitrogens with one attached hydrogen (secondary N) is 2. The van der Waals surface area contributed by atoms with Gasteiger partial charge in [0.2, 0.25) is 0 Å². The molecule has 3 heterocycles. The smallest absolute Gasteiger partial charge is 0.276 e. The van der Waals surface area contributed by atoms with E-state index in [0.29, 0.717) is 35.8 Å². The van der Waals surface area contributed by atoms with E-state index >= 15 is 0 Å². The predicted molar refractivity (Wildman–Crippen MR) is 133 cm³/mol. The first-order valence-electron chi connectivity index (χ1n) is 11.4. The van der Waals surface area contributed by atoms with Gasteiger partial charge in [0.15, 0.2) is 5.82 Å². The fourth-order valence-electron chi connectivity index (χ4n) is 4.63. The lowest BCUT2D eigenvalue weighted by Gasteiger charge is -2.21. The van der Waals surface area contributed by atoms with Crippen LogP contribution in [0.1, 0.15) is 46.6 Å². The third kappa shape index (κ3) is 4.17. The minimum atomic E-state index is -0.666. The number of aromatic nitrogens is 4. The van der Waals surface area contributed by atoms with Crippen molar-refractivity contribution in [3.05, 3.63) is 80.5 Å². The van der Waals surface area contributed by atoms with Gasteiger partial charge >= 0.3 is 0 Å². The van der Waals surface area contributed by atoms with E-state index < -0.39 is 5.91 Å². The summed E-state index contributed by atoms with van der Waals surface area (Å²) in [5.74, 6) is -0.256. The lowest BCUT2D eigenvalue weighted by molar-refractivity contribution is 0.0994. The molecule has 34 heavy (non-hydrogen) atoms. The molecule has 0 fully saturated rings. The van der Waals surface area contributed by atoms with Crippen LogP contribution in [0.15, 0.2) is 47.4 Å². The second-order valence-corrected chi connectivity index (χ2v) is 8.91. The van der Waals surface area contributed by atoms with Crippen molar-refractivity contribution in [2.45, 2.75) is 38.5 Å². The van der Waals surface area contributed by atoms with Gasteiger partial charge in [-0.1, -0.05) is 17.7 Å². The van der Waals surface area contributed by atoms with Crippen molar-refractivity contribution in [3.63, 3.8) is 0 Å². The van der Waals surface area contributed by atoms with Crippen molar-refractivity contribution in [1.82, 2.24) is 19.7 Å². The minimum absolute atomic E-state index is 0.122. The summed E-state index contributed by atoms with van der Waals surface area (Å²) >= 11 is 6.21. The van der Waals surface area contributed by atoms with Crippen LogP contribution in [-0.4, -0.2) is 32.2 Å². The zero-order valence-corrected chi connectivity index (χ0v) is 19.4. The van der Waals surface area contributed by atoms with Crippen molar-refractivity contribution in [1.29, 1.82) is 0 Å². The first-order valence-corrected chi connectivity index (χ1v) is 11.8. The lowest BCUT2D eigenvalue weighted by Crippen LogP contribution is -2.20. The largest absolute Gasteiger partial charge is 0.384 e. The number of carbonyl (C=O) groups is 1. The summed E-state index contributed by atoms with van der Waals surface area (Å²) in [6.07, 6.45) is 6.85. The van der Waals surface area contributed by atoms with E-state index in [-0.39, 0.29) is 11.3 Å². The van der Waals surface area contributed by atoms with Crippen LogP contribution in [0.25, 0.3) is 16.7 Å². The first-order chi connectivity index (χ1) is 16.5. The van der Waals surface area contributed by atoms with Gasteiger partial charge in [0.1, 0.15) is 5.69 Å². The van der Waals surface area contributed by atoms with Gasteiger partial charge in [0.25, 0.3) is 11.5 Å². The van der Waals surface area contributed by atoms with Crippen molar-refractivity contribution < 1.29 is 4.79 Å². The molecule has 9 heteroatoms. The Morgan fingerprint density at radius 3 is 2.85 bits per heavy atom. The van der Waals surface area contributed by atoms with Crippen LogP contribution in [0.2, 0.25) is 5.02 Å². The molecular weight excluding hydrogens is 452 g/mol. The number of H-pyrrole nitrogens is 1. The Hall–Kier alpha value is -3.65. The molecule has 1 aliphatic carbocycles. The molecule has 0 unspecified atom stereocenters. The number of fused-ring (bicyclic) bond motifs is 2. The number of pyridine rings is 2. The maximum Gasteiger partial charge on any atom is 0.276 e. The summed E-state index contributed by atoms with van der Waals surface area (Å²) in [5, 5.41) is 8.11. The molecule has 1 aliphatic rings. The molecule has 174 valence electrons. The highest BCUT2D eigenvalue weighted by molar-refractivity contribution is 6.31. The van der Waals surface area contributed by atoms with Crippen LogP contribution in [0.4, 0.5) is 5.69 Å². The topological polar surface area (TPSA) is 119 Å². The summed E-state index contributed by atoms with van der Waals surface area (Å²) in [7, 11) is 0. The number of benzene rings is 1. The molecule has 0 aliphatic heterocycles. The van der Waals surface area contributed by atoms with Crippen LogP contribution in [0, 0.1) is 0 Å². The third-order valence-electron chi connectivity index (χ3n) is 6.24. The highest BCUT2D eigenvalue weighted by Crippen LogP contribution is 2.34. The molecule has 0 radical (unpaired) electrons. The summed E-state index contributed by atoms with van der Waals surface area (Å²) in [6, 6.07) is 11.0. The second-order valence-electron chi connectivity index (χ2n) is 8.47. The Morgan fingerprint density at radius 2 is 2.06 bits per heavy atom. The number of rotatable bonds is 7. The minimum Gasteiger partial charge on any atom is -0.384 e. The van der Waals surface area contributed by atoms with Gasteiger partial charge in [-0.3, -0.25) is 19.7 Å². The molecule has 1 aromatic carbocycles. The molecule has 0 saturated heterocycles. The SMILES string of the molecule is NC(=O)c1[nH]n(-c2ccccn2)c(=O)c1CCCNc1c2c(nc3cc(Cl)ccc13)CCCC2. The molecule has 4 N–H and O–H groups in total. The van der Waals surface area contributed by atoms with Crippen LogP contribution in [0.5, 0.6) is 0 Å². The zero-order valence-electron chi connectivity index (χ0n) is 18.6. The zero-order chi connectivity index (χ0) is 23.7. The van der Waals surface area contributed by atoms with E-state index in [1.165, 1.54) is 10.2 Å². The maximum absolute atomic E-state index is 13.0. The Bertz CT molecular complexity index is 1430. The third-order valence-corrected chi connectivity index (χ3v) is 6.48. The standard InChI is InChI=1S/C25H25ClN6O2/c26-15-10-11-17-20(14-15)30-19-8-2-1-6-16(19)22(17)29-13-5-7-18-23(24(27)33)31-32(25(18)34)21-9-3-4-12-28-21/h3-4,9-12,14,31H,1-2,5-8,13H2,(H2,27,33)(H,29,30). The summed E-state index contributed by atoms with van der Waals surface area (Å²) in [4.78, 5) is 34.0. The Balaban J connectivity index is 1.38. The van der Waals surface area contributed by atoms with Crippen LogP contribution in [-0.2, 0) is 19.3 Å². The van der Waals surface area contributed by atoms with E-state index in [2.05, 4.69) is 15.4 Å². The van der Waals surface area contributed by atoms with Crippen LogP contribution < -0.4 is 16.6 Å². The average Bonchev–Trinajstić information content (AvgIpc) is 3.18. The Kier molecular flexibility index (Phi) is 6.06. The van der Waals surface area contributed by atoms with Gasteiger partial charge in [-0.05, 0) is 74.4 Å². The number of halogens is 1. The van der Waals surface area contributed by atoms with Crippen molar-refractivity contribution >= 4 is 34.1 Å². The van der Waals surface area contributed by atoms with E-state index in [0.717, 1.165) is 48.0 Å². The highest BCUT2D eigenvalue weighted by atomic mass is 35.5. The van der Waals surface area contributed by atoms with Gasteiger partial charge in [-0.15, -0.1) is 0 Å². The monoisotopic (exact) mass is 476 g/mol. The van der Waals surface area contributed by atoms with Crippen molar-refractivity contribution in [2.24, 2.45) is 5.73 Å².